The summed E-state index contributed by atoms with van der Waals surface area (Å²) in [6.45, 7) is 5.25. The van der Waals surface area contributed by atoms with Gasteiger partial charge in [-0.15, -0.1) is 0 Å². The Balaban J connectivity index is 1.57. The highest BCUT2D eigenvalue weighted by atomic mass is 16.5. The zero-order chi connectivity index (χ0) is 19.8. The molecular weight excluding hydrogens is 352 g/mol. The molecule has 28 heavy (non-hydrogen) atoms. The molecule has 0 aliphatic heterocycles. The average Bonchev–Trinajstić information content (AvgIpc) is 2.72. The SMILES string of the molecule is CCc1ccccc1Nc1nc(C)cc(NCCOc2ccc(OC)cc2)n1. The van der Waals surface area contributed by atoms with E-state index in [0.29, 0.717) is 19.1 Å². The zero-order valence-corrected chi connectivity index (χ0v) is 16.5. The number of aromatic nitrogens is 2. The molecule has 0 amide bonds. The number of benzene rings is 2. The molecule has 146 valence electrons. The van der Waals surface area contributed by atoms with Gasteiger partial charge in [0.05, 0.1) is 13.7 Å². The van der Waals surface area contributed by atoms with E-state index in [4.69, 9.17) is 9.47 Å². The summed E-state index contributed by atoms with van der Waals surface area (Å²) in [7, 11) is 1.65. The number of hydrogen-bond donors (Lipinski definition) is 2. The number of nitrogens with zero attached hydrogens (tertiary/aromatic N) is 2. The lowest BCUT2D eigenvalue weighted by atomic mass is 10.1. The lowest BCUT2D eigenvalue weighted by molar-refractivity contribution is 0.331. The van der Waals surface area contributed by atoms with Gasteiger partial charge in [0.15, 0.2) is 0 Å². The maximum absolute atomic E-state index is 5.74. The molecule has 0 fully saturated rings. The van der Waals surface area contributed by atoms with E-state index < -0.39 is 0 Å². The van der Waals surface area contributed by atoms with Gasteiger partial charge in [0, 0.05) is 17.4 Å². The van der Waals surface area contributed by atoms with E-state index in [1.165, 1.54) is 5.56 Å². The van der Waals surface area contributed by atoms with Gasteiger partial charge in [-0.2, -0.15) is 4.98 Å². The first-order chi connectivity index (χ1) is 13.7. The Bertz CT molecular complexity index is 897. The van der Waals surface area contributed by atoms with E-state index in [1.54, 1.807) is 7.11 Å². The first kappa shape index (κ1) is 19.5. The third kappa shape index (κ3) is 5.36. The van der Waals surface area contributed by atoms with Crippen LogP contribution in [0.25, 0.3) is 0 Å². The second-order valence-electron chi connectivity index (χ2n) is 6.30. The van der Waals surface area contributed by atoms with Crippen LogP contribution in [0, 0.1) is 6.92 Å². The van der Waals surface area contributed by atoms with Gasteiger partial charge in [0.1, 0.15) is 23.9 Å². The van der Waals surface area contributed by atoms with Gasteiger partial charge in [-0.3, -0.25) is 0 Å². The van der Waals surface area contributed by atoms with Gasteiger partial charge in [0.25, 0.3) is 0 Å². The summed E-state index contributed by atoms with van der Waals surface area (Å²) in [5, 5.41) is 6.62. The van der Waals surface area contributed by atoms with Crippen LogP contribution < -0.4 is 20.1 Å². The maximum Gasteiger partial charge on any atom is 0.229 e. The molecule has 2 N–H and O–H groups in total. The van der Waals surface area contributed by atoms with E-state index in [2.05, 4.69) is 33.6 Å². The molecule has 3 rings (SSSR count). The average molecular weight is 378 g/mol. The van der Waals surface area contributed by atoms with Crippen molar-refractivity contribution in [2.45, 2.75) is 20.3 Å². The summed E-state index contributed by atoms with van der Waals surface area (Å²) >= 11 is 0. The molecule has 1 heterocycles. The maximum atomic E-state index is 5.74. The number of hydrogen-bond acceptors (Lipinski definition) is 6. The molecule has 0 saturated carbocycles. The summed E-state index contributed by atoms with van der Waals surface area (Å²) in [4.78, 5) is 9.06. The number of methoxy groups -OCH3 is 1. The molecule has 0 saturated heterocycles. The lowest BCUT2D eigenvalue weighted by Crippen LogP contribution is -2.13. The van der Waals surface area contributed by atoms with Crippen LogP contribution in [0.1, 0.15) is 18.2 Å². The van der Waals surface area contributed by atoms with Gasteiger partial charge in [-0.25, -0.2) is 4.98 Å². The molecule has 0 bridgehead atoms. The minimum atomic E-state index is 0.525. The van der Waals surface area contributed by atoms with Crippen LogP contribution in [-0.4, -0.2) is 30.2 Å². The Hall–Kier alpha value is -3.28. The summed E-state index contributed by atoms with van der Waals surface area (Å²) in [5.74, 6) is 2.97. The molecule has 2 aromatic carbocycles. The summed E-state index contributed by atoms with van der Waals surface area (Å²) in [6.07, 6.45) is 0.947. The number of ether oxygens (including phenoxy) is 2. The Morgan fingerprint density at radius 2 is 1.71 bits per heavy atom. The van der Waals surface area contributed by atoms with Gasteiger partial charge in [-0.05, 0) is 49.2 Å². The van der Waals surface area contributed by atoms with Crippen molar-refractivity contribution in [1.82, 2.24) is 9.97 Å². The van der Waals surface area contributed by atoms with Crippen molar-refractivity contribution in [2.24, 2.45) is 0 Å². The molecule has 0 radical (unpaired) electrons. The fraction of sp³-hybridized carbons (Fsp3) is 0.273. The highest BCUT2D eigenvalue weighted by Crippen LogP contribution is 2.20. The highest BCUT2D eigenvalue weighted by molar-refractivity contribution is 5.59. The minimum absolute atomic E-state index is 0.525. The number of aryl methyl sites for hydroxylation is 2. The molecule has 1 aromatic heterocycles. The molecule has 3 aromatic rings. The van der Waals surface area contributed by atoms with E-state index in [9.17, 15) is 0 Å². The van der Waals surface area contributed by atoms with Gasteiger partial charge >= 0.3 is 0 Å². The number of nitrogens with one attached hydrogen (secondary N) is 2. The van der Waals surface area contributed by atoms with Crippen molar-refractivity contribution < 1.29 is 9.47 Å². The molecule has 0 aliphatic carbocycles. The largest absolute Gasteiger partial charge is 0.497 e. The van der Waals surface area contributed by atoms with Crippen molar-refractivity contribution in [3.05, 3.63) is 65.9 Å². The number of rotatable bonds is 9. The van der Waals surface area contributed by atoms with Crippen LogP contribution in [0.2, 0.25) is 0 Å². The van der Waals surface area contributed by atoms with Crippen LogP contribution >= 0.6 is 0 Å². The summed E-state index contributed by atoms with van der Waals surface area (Å²) in [6, 6.07) is 17.6. The Kier molecular flexibility index (Phi) is 6.68. The van der Waals surface area contributed by atoms with Crippen LogP contribution in [0.5, 0.6) is 11.5 Å². The molecular formula is C22H26N4O2. The molecule has 0 spiro atoms. The van der Waals surface area contributed by atoms with Gasteiger partial charge in [-0.1, -0.05) is 25.1 Å². The first-order valence-electron chi connectivity index (χ1n) is 9.39. The molecule has 0 aliphatic rings. The zero-order valence-electron chi connectivity index (χ0n) is 16.5. The van der Waals surface area contributed by atoms with E-state index in [0.717, 1.165) is 35.1 Å². The Morgan fingerprint density at radius 1 is 0.964 bits per heavy atom. The highest BCUT2D eigenvalue weighted by Gasteiger charge is 2.05. The van der Waals surface area contributed by atoms with Crippen molar-refractivity contribution in [3.8, 4) is 11.5 Å². The quantitative estimate of drug-likeness (QED) is 0.531. The van der Waals surface area contributed by atoms with Crippen LogP contribution in [0.15, 0.2) is 54.6 Å². The lowest BCUT2D eigenvalue weighted by Gasteiger charge is -2.12. The molecule has 6 heteroatoms. The number of anilines is 3. The molecule has 6 nitrogen and oxygen atoms in total. The second kappa shape index (κ2) is 9.60. The van der Waals surface area contributed by atoms with Gasteiger partial charge in [0.2, 0.25) is 5.95 Å². The van der Waals surface area contributed by atoms with Crippen molar-refractivity contribution in [1.29, 1.82) is 0 Å². The Labute approximate surface area is 166 Å². The smallest absolute Gasteiger partial charge is 0.229 e. The third-order valence-electron chi connectivity index (χ3n) is 4.24. The minimum Gasteiger partial charge on any atom is -0.497 e. The summed E-state index contributed by atoms with van der Waals surface area (Å²) < 4.78 is 10.9. The van der Waals surface area contributed by atoms with Gasteiger partial charge < -0.3 is 20.1 Å². The predicted molar refractivity (Wildman–Crippen MR) is 113 cm³/mol. The molecule has 0 atom stereocenters. The van der Waals surface area contributed by atoms with Crippen molar-refractivity contribution in [2.75, 3.05) is 30.9 Å². The Morgan fingerprint density at radius 3 is 2.46 bits per heavy atom. The fourth-order valence-electron chi connectivity index (χ4n) is 2.81. The summed E-state index contributed by atoms with van der Waals surface area (Å²) in [5.41, 5.74) is 3.16. The monoisotopic (exact) mass is 378 g/mol. The predicted octanol–water partition coefficient (Wildman–Crippen LogP) is 4.59. The normalized spacial score (nSPS) is 10.4. The topological polar surface area (TPSA) is 68.3 Å². The van der Waals surface area contributed by atoms with E-state index >= 15 is 0 Å². The molecule has 0 unspecified atom stereocenters. The van der Waals surface area contributed by atoms with Crippen LogP contribution in [0.3, 0.4) is 0 Å². The van der Waals surface area contributed by atoms with Crippen molar-refractivity contribution in [3.63, 3.8) is 0 Å². The van der Waals surface area contributed by atoms with Crippen LogP contribution in [-0.2, 0) is 6.42 Å². The first-order valence-corrected chi connectivity index (χ1v) is 9.39. The van der Waals surface area contributed by atoms with E-state index in [1.807, 2.05) is 55.5 Å². The fourth-order valence-corrected chi connectivity index (χ4v) is 2.81. The van der Waals surface area contributed by atoms with E-state index in [-0.39, 0.29) is 0 Å². The number of para-hydroxylation sites is 1. The van der Waals surface area contributed by atoms with Crippen molar-refractivity contribution >= 4 is 17.5 Å². The second-order valence-corrected chi connectivity index (χ2v) is 6.30. The third-order valence-corrected chi connectivity index (χ3v) is 4.24. The van der Waals surface area contributed by atoms with Crippen LogP contribution in [0.4, 0.5) is 17.5 Å². The standard InChI is InChI=1S/C22H26N4O2/c1-4-17-7-5-6-8-20(17)25-22-24-16(2)15-21(26-22)23-13-14-28-19-11-9-18(27-3)10-12-19/h5-12,15H,4,13-14H2,1-3H3,(H2,23,24,25,26).